The van der Waals surface area contributed by atoms with Gasteiger partial charge in [-0.2, -0.15) is 0 Å². The lowest BCUT2D eigenvalue weighted by Crippen LogP contribution is -2.37. The van der Waals surface area contributed by atoms with Gasteiger partial charge in [0.1, 0.15) is 19.8 Å². The molecule has 0 bridgehead atoms. The molecule has 0 saturated heterocycles. The number of carbonyl (C=O) groups is 1. The second-order valence-corrected chi connectivity index (χ2v) is 20.1. The predicted molar refractivity (Wildman–Crippen MR) is 261 cm³/mol. The molecule has 9 heteroatoms. The maximum absolute atomic E-state index is 12.7. The highest BCUT2D eigenvalue weighted by Crippen LogP contribution is 2.43. The Balaban J connectivity index is 4.21. The Morgan fingerprint density at radius 3 is 1.31 bits per heavy atom. The Kier molecular flexibility index (Phi) is 44.1. The molecule has 0 saturated carbocycles. The van der Waals surface area contributed by atoms with Crippen LogP contribution in [0.4, 0.5) is 0 Å². The summed E-state index contributed by atoms with van der Waals surface area (Å²) in [4.78, 5) is 22.9. The number of quaternary nitrogens is 1. The van der Waals surface area contributed by atoms with Gasteiger partial charge in [-0.25, -0.2) is 4.57 Å². The molecule has 1 unspecified atom stereocenters. The highest BCUT2D eigenvalue weighted by Gasteiger charge is 2.26. The molecule has 0 rings (SSSR count). The second-order valence-electron chi connectivity index (χ2n) is 18.6. The minimum Gasteiger partial charge on any atom is -0.498 e. The first-order valence-electron chi connectivity index (χ1n) is 25.8. The molecule has 360 valence electrons. The van der Waals surface area contributed by atoms with Crippen LogP contribution in [0, 0.1) is 0 Å². The van der Waals surface area contributed by atoms with Crippen LogP contribution in [-0.4, -0.2) is 69.0 Å². The van der Waals surface area contributed by atoms with Gasteiger partial charge in [0.25, 0.3) is 0 Å². The number of rotatable bonds is 48. The molecule has 8 nitrogen and oxygen atoms in total. The summed E-state index contributed by atoms with van der Waals surface area (Å²) < 4.78 is 34.8. The summed E-state index contributed by atoms with van der Waals surface area (Å²) in [5.41, 5.74) is 0. The van der Waals surface area contributed by atoms with Gasteiger partial charge < -0.3 is 18.9 Å². The number of esters is 1. The highest BCUT2D eigenvalue weighted by molar-refractivity contribution is 7.47. The Labute approximate surface area is 378 Å². The van der Waals surface area contributed by atoms with Gasteiger partial charge >= 0.3 is 13.8 Å². The van der Waals surface area contributed by atoms with Crippen LogP contribution in [0.2, 0.25) is 0 Å². The lowest BCUT2D eigenvalue weighted by Gasteiger charge is -2.24. The van der Waals surface area contributed by atoms with E-state index in [0.29, 0.717) is 17.4 Å². The van der Waals surface area contributed by atoms with Crippen molar-refractivity contribution in [3.63, 3.8) is 0 Å². The van der Waals surface area contributed by atoms with Gasteiger partial charge in [0, 0.05) is 6.42 Å². The van der Waals surface area contributed by atoms with E-state index in [4.69, 9.17) is 18.5 Å². The van der Waals surface area contributed by atoms with Crippen molar-refractivity contribution >= 4 is 13.8 Å². The van der Waals surface area contributed by atoms with E-state index in [1.165, 1.54) is 180 Å². The molecule has 0 heterocycles. The summed E-state index contributed by atoms with van der Waals surface area (Å²) in [6.45, 7) is 4.92. The number of unbranched alkanes of at least 4 members (excludes halogenated alkanes) is 30. The third kappa shape index (κ3) is 49.4. The van der Waals surface area contributed by atoms with Crippen molar-refractivity contribution in [2.45, 2.75) is 245 Å². The molecule has 0 aliphatic heterocycles. The number of carbonyl (C=O) groups excluding carboxylic acids is 1. The second kappa shape index (κ2) is 45.1. The fourth-order valence-electron chi connectivity index (χ4n) is 7.25. The standard InChI is InChI=1S/C52H100NO7P/c1-6-8-10-12-14-16-18-20-22-24-25-26-27-28-29-30-31-33-35-37-39-41-43-45-52(54)60-51(50-59-61(55,56)58-48-46-53(3,4)5)49-57-47-44-42-40-38-36-34-32-23-21-19-17-15-13-11-9-7-2/h30-31,37,39,44,47,51H,6-29,32-36,38,40-43,45-46,48-50H2,1-5H3/p+1/b31-30+,39-37+,47-44+/t51-/m1/s1. The van der Waals surface area contributed by atoms with Crippen molar-refractivity contribution in [1.29, 1.82) is 0 Å². The van der Waals surface area contributed by atoms with Gasteiger partial charge in [0.05, 0.1) is 34.0 Å². The van der Waals surface area contributed by atoms with E-state index in [1.807, 2.05) is 27.2 Å². The summed E-state index contributed by atoms with van der Waals surface area (Å²) in [7, 11) is 1.62. The Morgan fingerprint density at radius 1 is 0.508 bits per heavy atom. The van der Waals surface area contributed by atoms with Gasteiger partial charge in [-0.15, -0.1) is 0 Å². The normalized spacial score (nSPS) is 13.8. The maximum Gasteiger partial charge on any atom is 0.472 e. The molecule has 0 aliphatic carbocycles. The van der Waals surface area contributed by atoms with Crippen molar-refractivity contribution in [1.82, 2.24) is 0 Å². The Bertz CT molecular complexity index is 1070. The van der Waals surface area contributed by atoms with E-state index in [0.717, 1.165) is 32.1 Å². The third-order valence-electron chi connectivity index (χ3n) is 11.2. The lowest BCUT2D eigenvalue weighted by atomic mass is 10.0. The molecule has 0 spiro atoms. The van der Waals surface area contributed by atoms with E-state index >= 15 is 0 Å². The SMILES string of the molecule is CCCCCCCCCCCCCCCC/C=C/CC/C=C/CCCC(=O)O[C@H](CO/C=C/CCCCCCCCCCCCCCCC)COP(=O)(O)OCC[N+](C)(C)C. The molecule has 61 heavy (non-hydrogen) atoms. The van der Waals surface area contributed by atoms with Crippen molar-refractivity contribution in [2.24, 2.45) is 0 Å². The van der Waals surface area contributed by atoms with Crippen LogP contribution in [0.1, 0.15) is 239 Å². The minimum absolute atomic E-state index is 0.0344. The molecule has 2 atom stereocenters. The molecule has 1 N–H and O–H groups in total. The van der Waals surface area contributed by atoms with Gasteiger partial charge in [0.15, 0.2) is 6.10 Å². The minimum atomic E-state index is -4.30. The van der Waals surface area contributed by atoms with E-state index in [2.05, 4.69) is 38.2 Å². The highest BCUT2D eigenvalue weighted by atomic mass is 31.2. The first-order chi connectivity index (χ1) is 29.6. The zero-order valence-electron chi connectivity index (χ0n) is 40.9. The fraction of sp³-hybridized carbons (Fsp3) is 0.865. The molecule has 0 aromatic carbocycles. The molecule has 0 aliphatic rings. The fourth-order valence-corrected chi connectivity index (χ4v) is 7.99. The average molecular weight is 883 g/mol. The van der Waals surface area contributed by atoms with E-state index in [1.54, 1.807) is 6.26 Å². The number of hydrogen-bond acceptors (Lipinski definition) is 6. The van der Waals surface area contributed by atoms with Crippen molar-refractivity contribution in [3.8, 4) is 0 Å². The first-order valence-corrected chi connectivity index (χ1v) is 27.3. The van der Waals surface area contributed by atoms with Crippen LogP contribution in [0.15, 0.2) is 36.6 Å². The van der Waals surface area contributed by atoms with Gasteiger partial charge in [-0.3, -0.25) is 13.8 Å². The summed E-state index contributed by atoms with van der Waals surface area (Å²) in [6.07, 6.45) is 55.9. The number of hydrogen-bond donors (Lipinski definition) is 1. The van der Waals surface area contributed by atoms with Crippen LogP contribution < -0.4 is 0 Å². The zero-order valence-corrected chi connectivity index (χ0v) is 41.8. The molecule has 0 amide bonds. The third-order valence-corrected chi connectivity index (χ3v) is 12.2. The molecule has 0 radical (unpaired) electrons. The van der Waals surface area contributed by atoms with Crippen molar-refractivity contribution in [3.05, 3.63) is 36.6 Å². The van der Waals surface area contributed by atoms with Gasteiger partial charge in [-0.05, 0) is 57.4 Å². The number of phosphoric ester groups is 1. The van der Waals surface area contributed by atoms with Crippen LogP contribution in [0.3, 0.4) is 0 Å². The molecule has 0 aromatic heterocycles. The van der Waals surface area contributed by atoms with Crippen LogP contribution >= 0.6 is 7.82 Å². The monoisotopic (exact) mass is 883 g/mol. The molecular formula is C52H101NO7P+. The number of ether oxygens (including phenoxy) is 2. The van der Waals surface area contributed by atoms with Crippen molar-refractivity contribution < 1.29 is 37.3 Å². The topological polar surface area (TPSA) is 91.3 Å². The Morgan fingerprint density at radius 2 is 0.885 bits per heavy atom. The maximum atomic E-state index is 12.7. The summed E-state index contributed by atoms with van der Waals surface area (Å²) in [5.74, 6) is -0.373. The quantitative estimate of drug-likeness (QED) is 0.0162. The van der Waals surface area contributed by atoms with Gasteiger partial charge in [-0.1, -0.05) is 205 Å². The summed E-state index contributed by atoms with van der Waals surface area (Å²) >= 11 is 0. The average Bonchev–Trinajstić information content (AvgIpc) is 3.22. The first kappa shape index (κ1) is 59.6. The van der Waals surface area contributed by atoms with Crippen LogP contribution in [0.5, 0.6) is 0 Å². The van der Waals surface area contributed by atoms with E-state index in [-0.39, 0.29) is 32.2 Å². The van der Waals surface area contributed by atoms with E-state index in [9.17, 15) is 14.3 Å². The van der Waals surface area contributed by atoms with Gasteiger partial charge in [0.2, 0.25) is 0 Å². The zero-order chi connectivity index (χ0) is 44.8. The molecule has 0 aromatic rings. The smallest absolute Gasteiger partial charge is 0.472 e. The van der Waals surface area contributed by atoms with Crippen LogP contribution in [0.25, 0.3) is 0 Å². The Hall–Kier alpha value is -1.44. The molecule has 0 fully saturated rings. The number of allylic oxidation sites excluding steroid dienone is 5. The summed E-state index contributed by atoms with van der Waals surface area (Å²) in [6, 6.07) is 0. The van der Waals surface area contributed by atoms with Crippen LogP contribution in [-0.2, 0) is 27.9 Å². The van der Waals surface area contributed by atoms with Crippen molar-refractivity contribution in [2.75, 3.05) is 47.5 Å². The molecular weight excluding hydrogens is 782 g/mol. The number of phosphoric acid groups is 1. The summed E-state index contributed by atoms with van der Waals surface area (Å²) in [5, 5.41) is 0. The predicted octanol–water partition coefficient (Wildman–Crippen LogP) is 16.1. The van der Waals surface area contributed by atoms with E-state index < -0.39 is 13.9 Å². The lowest BCUT2D eigenvalue weighted by molar-refractivity contribution is -0.870. The number of nitrogens with zero attached hydrogens (tertiary/aromatic N) is 1. The number of likely N-dealkylation sites (N-methyl/N-ethyl adjacent to an activating group) is 1. The largest absolute Gasteiger partial charge is 0.498 e.